The van der Waals surface area contributed by atoms with Gasteiger partial charge >= 0.3 is 0 Å². The Bertz CT molecular complexity index is 319. The molecule has 4 heteroatoms. The summed E-state index contributed by atoms with van der Waals surface area (Å²) in [5.74, 6) is 0.851. The molecular formula is C11H17NO2S. The second-order valence-electron chi connectivity index (χ2n) is 3.39. The quantitative estimate of drug-likeness (QED) is 0.751. The molecule has 2 atom stereocenters. The van der Waals surface area contributed by atoms with Gasteiger partial charge in [-0.1, -0.05) is 6.08 Å². The highest BCUT2D eigenvalue weighted by molar-refractivity contribution is 7.84. The van der Waals surface area contributed by atoms with Crippen LogP contribution in [0, 0.1) is 0 Å². The molecule has 0 radical (unpaired) electrons. The lowest BCUT2D eigenvalue weighted by Gasteiger charge is -2.07. The van der Waals surface area contributed by atoms with Gasteiger partial charge in [-0.3, -0.25) is 4.21 Å². The largest absolute Gasteiger partial charge is 0.465 e. The first-order chi connectivity index (χ1) is 7.20. The van der Waals surface area contributed by atoms with Gasteiger partial charge in [-0.25, -0.2) is 0 Å². The zero-order valence-corrected chi connectivity index (χ0v) is 9.92. The van der Waals surface area contributed by atoms with E-state index in [1.165, 1.54) is 0 Å². The van der Waals surface area contributed by atoms with Gasteiger partial charge < -0.3 is 9.73 Å². The number of hydrogen-bond donors (Lipinski definition) is 1. The number of hydrogen-bond acceptors (Lipinski definition) is 3. The fraction of sp³-hybridized carbons (Fsp3) is 0.455. The van der Waals surface area contributed by atoms with Crippen LogP contribution in [-0.2, 0) is 10.8 Å². The summed E-state index contributed by atoms with van der Waals surface area (Å²) < 4.78 is 16.2. The summed E-state index contributed by atoms with van der Waals surface area (Å²) in [6, 6.07) is 3.76. The van der Waals surface area contributed by atoms with Crippen molar-refractivity contribution in [3.8, 4) is 0 Å². The van der Waals surface area contributed by atoms with E-state index in [4.69, 9.17) is 4.42 Å². The summed E-state index contributed by atoms with van der Waals surface area (Å²) in [4.78, 5) is 0. The second-order valence-corrected chi connectivity index (χ2v) is 5.19. The van der Waals surface area contributed by atoms with Crippen molar-refractivity contribution in [2.24, 2.45) is 0 Å². The van der Waals surface area contributed by atoms with Crippen LogP contribution in [0.3, 0.4) is 0 Å². The Kier molecular flexibility index (Phi) is 5.36. The maximum Gasteiger partial charge on any atom is 0.126 e. The lowest BCUT2D eigenvalue weighted by molar-refractivity contribution is 0.556. The monoisotopic (exact) mass is 227 g/mol. The molecule has 0 aromatic carbocycles. The zero-order valence-electron chi connectivity index (χ0n) is 9.10. The van der Waals surface area contributed by atoms with E-state index in [2.05, 4.69) is 5.32 Å². The maximum atomic E-state index is 11.0. The van der Waals surface area contributed by atoms with E-state index in [-0.39, 0.29) is 5.25 Å². The van der Waals surface area contributed by atoms with Gasteiger partial charge in [-0.2, -0.15) is 0 Å². The van der Waals surface area contributed by atoms with Crippen molar-refractivity contribution in [1.82, 2.24) is 5.32 Å². The van der Waals surface area contributed by atoms with E-state index in [0.29, 0.717) is 0 Å². The molecule has 1 N–H and O–H groups in total. The fourth-order valence-electron chi connectivity index (χ4n) is 1.05. The van der Waals surface area contributed by atoms with Gasteiger partial charge in [0.15, 0.2) is 0 Å². The lowest BCUT2D eigenvalue weighted by Crippen LogP contribution is -2.27. The molecule has 1 heterocycles. The van der Waals surface area contributed by atoms with Crippen LogP contribution in [0.15, 0.2) is 28.9 Å². The van der Waals surface area contributed by atoms with E-state index < -0.39 is 10.8 Å². The van der Waals surface area contributed by atoms with E-state index in [0.717, 1.165) is 18.8 Å². The van der Waals surface area contributed by atoms with Gasteiger partial charge in [-0.05, 0) is 25.1 Å². The van der Waals surface area contributed by atoms with Crippen LogP contribution in [0.5, 0.6) is 0 Å². The normalized spacial score (nSPS) is 15.6. The highest BCUT2D eigenvalue weighted by atomic mass is 32.2. The van der Waals surface area contributed by atoms with Gasteiger partial charge in [0, 0.05) is 35.4 Å². The molecule has 84 valence electrons. The minimum atomic E-state index is -0.750. The fourth-order valence-corrected chi connectivity index (χ4v) is 1.40. The molecule has 15 heavy (non-hydrogen) atoms. The van der Waals surface area contributed by atoms with Crippen LogP contribution in [0.4, 0.5) is 0 Å². The molecule has 0 aliphatic carbocycles. The molecule has 0 aliphatic rings. The van der Waals surface area contributed by atoms with E-state index in [1.807, 2.05) is 31.2 Å². The molecule has 1 rings (SSSR count). The topological polar surface area (TPSA) is 42.2 Å². The third kappa shape index (κ3) is 4.95. The summed E-state index contributed by atoms with van der Waals surface area (Å²) in [7, 11) is -0.750. The zero-order chi connectivity index (χ0) is 11.1. The molecule has 1 aromatic rings. The summed E-state index contributed by atoms with van der Waals surface area (Å²) in [5.41, 5.74) is 0. The van der Waals surface area contributed by atoms with E-state index >= 15 is 0 Å². The summed E-state index contributed by atoms with van der Waals surface area (Å²) in [6.07, 6.45) is 7.28. The van der Waals surface area contributed by atoms with Crippen LogP contribution in [0.2, 0.25) is 0 Å². The highest BCUT2D eigenvalue weighted by Gasteiger charge is 2.03. The Morgan fingerprint density at radius 3 is 3.07 bits per heavy atom. The number of rotatable bonds is 6. The van der Waals surface area contributed by atoms with E-state index in [9.17, 15) is 4.21 Å². The molecule has 0 bridgehead atoms. The predicted octanol–water partition coefficient (Wildman–Crippen LogP) is 1.65. The minimum Gasteiger partial charge on any atom is -0.465 e. The second kappa shape index (κ2) is 6.58. The van der Waals surface area contributed by atoms with Gasteiger partial charge in [-0.15, -0.1) is 0 Å². The standard InChI is InChI=1S/C11H17NO2S/c1-10(15(2)13)9-12-7-3-5-11-6-4-8-14-11/h3-6,8,10,12H,7,9H2,1-2H3/b5-3+. The summed E-state index contributed by atoms with van der Waals surface area (Å²) >= 11 is 0. The smallest absolute Gasteiger partial charge is 0.126 e. The van der Waals surface area contributed by atoms with Crippen LogP contribution in [-0.4, -0.2) is 28.8 Å². The van der Waals surface area contributed by atoms with Gasteiger partial charge in [0.25, 0.3) is 0 Å². The van der Waals surface area contributed by atoms with Crippen LogP contribution in [0.1, 0.15) is 12.7 Å². The molecular weight excluding hydrogens is 210 g/mol. The van der Waals surface area contributed by atoms with Crippen molar-refractivity contribution < 1.29 is 8.63 Å². The van der Waals surface area contributed by atoms with Crippen molar-refractivity contribution in [2.45, 2.75) is 12.2 Å². The SMILES string of the molecule is CC(CNC/C=C/c1ccco1)S(C)=O. The Morgan fingerprint density at radius 1 is 1.67 bits per heavy atom. The van der Waals surface area contributed by atoms with Gasteiger partial charge in [0.2, 0.25) is 0 Å². The minimum absolute atomic E-state index is 0.196. The van der Waals surface area contributed by atoms with Gasteiger partial charge in [0.05, 0.1) is 6.26 Å². The van der Waals surface area contributed by atoms with Crippen LogP contribution in [0.25, 0.3) is 6.08 Å². The Labute approximate surface area is 93.0 Å². The Hall–Kier alpha value is -0.870. The highest BCUT2D eigenvalue weighted by Crippen LogP contribution is 2.01. The molecule has 0 spiro atoms. The molecule has 3 nitrogen and oxygen atoms in total. The van der Waals surface area contributed by atoms with Crippen molar-refractivity contribution in [2.75, 3.05) is 19.3 Å². The molecule has 0 saturated carbocycles. The lowest BCUT2D eigenvalue weighted by atomic mass is 10.4. The average Bonchev–Trinajstić information content (AvgIpc) is 2.69. The van der Waals surface area contributed by atoms with E-state index in [1.54, 1.807) is 12.5 Å². The first kappa shape index (κ1) is 12.2. The number of furan rings is 1. The number of nitrogens with one attached hydrogen (secondary N) is 1. The van der Waals surface area contributed by atoms with Crippen molar-refractivity contribution in [3.63, 3.8) is 0 Å². The molecule has 1 aromatic heterocycles. The summed E-state index contributed by atoms with van der Waals surface area (Å²) in [5, 5.41) is 3.40. The molecule has 0 amide bonds. The average molecular weight is 227 g/mol. The molecule has 0 fully saturated rings. The Balaban J connectivity index is 2.14. The first-order valence-electron chi connectivity index (χ1n) is 4.93. The Morgan fingerprint density at radius 2 is 2.47 bits per heavy atom. The van der Waals surface area contributed by atoms with Crippen LogP contribution >= 0.6 is 0 Å². The van der Waals surface area contributed by atoms with Crippen molar-refractivity contribution in [1.29, 1.82) is 0 Å². The van der Waals surface area contributed by atoms with Crippen molar-refractivity contribution in [3.05, 3.63) is 30.2 Å². The maximum absolute atomic E-state index is 11.0. The predicted molar refractivity (Wildman–Crippen MR) is 64.1 cm³/mol. The third-order valence-corrected chi connectivity index (χ3v) is 3.39. The van der Waals surface area contributed by atoms with Gasteiger partial charge in [0.1, 0.15) is 5.76 Å². The summed E-state index contributed by atoms with van der Waals surface area (Å²) in [6.45, 7) is 3.51. The third-order valence-electron chi connectivity index (χ3n) is 2.09. The molecule has 2 unspecified atom stereocenters. The van der Waals surface area contributed by atoms with Crippen LogP contribution < -0.4 is 5.32 Å². The van der Waals surface area contributed by atoms with Crippen molar-refractivity contribution >= 4 is 16.9 Å². The first-order valence-corrected chi connectivity index (χ1v) is 6.55. The molecule has 0 aliphatic heterocycles. The molecule has 0 saturated heterocycles.